The summed E-state index contributed by atoms with van der Waals surface area (Å²) in [5, 5.41) is 14.7. The molecule has 0 bridgehead atoms. The van der Waals surface area contributed by atoms with Crippen LogP contribution in [0.4, 0.5) is 0 Å². The van der Waals surface area contributed by atoms with Crippen LogP contribution < -0.4 is 15.0 Å². The molecule has 192 valence electrons. The molecular formula is C27H19Br2N3O6. The number of hydrogen-bond acceptors (Lipinski definition) is 7. The van der Waals surface area contributed by atoms with Crippen LogP contribution >= 0.6 is 31.9 Å². The molecule has 0 amide bonds. The van der Waals surface area contributed by atoms with E-state index in [0.29, 0.717) is 44.6 Å². The highest BCUT2D eigenvalue weighted by molar-refractivity contribution is 9.10. The van der Waals surface area contributed by atoms with Gasteiger partial charge in [-0.15, -0.1) is 0 Å². The lowest BCUT2D eigenvalue weighted by Crippen LogP contribution is -2.20. The Balaban J connectivity index is 1.64. The number of furan rings is 1. The fourth-order valence-electron chi connectivity index (χ4n) is 3.81. The Hall–Kier alpha value is -3.96. The first-order valence-electron chi connectivity index (χ1n) is 11.4. The lowest BCUT2D eigenvalue weighted by molar-refractivity contribution is -0.139. The number of ether oxygens (including phenoxy) is 2. The number of fused-ring (bicyclic) bond motifs is 2. The number of hydrogen-bond donors (Lipinski definition) is 1. The van der Waals surface area contributed by atoms with Crippen LogP contribution in [0.15, 0.2) is 83.9 Å². The molecule has 0 spiro atoms. The zero-order chi connectivity index (χ0) is 26.8. The van der Waals surface area contributed by atoms with Gasteiger partial charge in [0.25, 0.3) is 5.56 Å². The van der Waals surface area contributed by atoms with E-state index in [1.807, 2.05) is 24.3 Å². The van der Waals surface area contributed by atoms with Crippen molar-refractivity contribution in [3.05, 3.63) is 85.5 Å². The lowest BCUT2D eigenvalue weighted by Gasteiger charge is -2.13. The van der Waals surface area contributed by atoms with E-state index >= 15 is 0 Å². The van der Waals surface area contributed by atoms with Gasteiger partial charge in [0.1, 0.15) is 5.58 Å². The molecule has 0 radical (unpaired) electrons. The maximum absolute atomic E-state index is 13.5. The van der Waals surface area contributed by atoms with Crippen LogP contribution in [-0.4, -0.2) is 40.2 Å². The minimum Gasteiger partial charge on any atom is -0.490 e. The number of aliphatic carboxylic acids is 1. The van der Waals surface area contributed by atoms with Gasteiger partial charge in [0, 0.05) is 19.9 Å². The van der Waals surface area contributed by atoms with Crippen LogP contribution in [0.5, 0.6) is 11.5 Å². The number of benzene rings is 3. The van der Waals surface area contributed by atoms with E-state index in [-0.39, 0.29) is 17.1 Å². The van der Waals surface area contributed by atoms with E-state index in [1.54, 1.807) is 43.3 Å². The van der Waals surface area contributed by atoms with Crippen molar-refractivity contribution in [3.8, 4) is 23.1 Å². The highest BCUT2D eigenvalue weighted by Gasteiger charge is 2.17. The molecule has 5 aromatic rings. The Labute approximate surface area is 232 Å². The van der Waals surface area contributed by atoms with E-state index in [0.717, 1.165) is 9.86 Å². The van der Waals surface area contributed by atoms with E-state index in [1.165, 1.54) is 10.9 Å². The molecule has 2 aromatic heterocycles. The van der Waals surface area contributed by atoms with Crippen LogP contribution in [0.3, 0.4) is 0 Å². The van der Waals surface area contributed by atoms with Crippen LogP contribution in [0, 0.1) is 0 Å². The summed E-state index contributed by atoms with van der Waals surface area (Å²) < 4.78 is 19.7. The first-order valence-corrected chi connectivity index (χ1v) is 13.0. The number of aromatic nitrogens is 2. The van der Waals surface area contributed by atoms with Crippen molar-refractivity contribution < 1.29 is 23.8 Å². The van der Waals surface area contributed by atoms with E-state index in [9.17, 15) is 9.59 Å². The zero-order valence-corrected chi connectivity index (χ0v) is 23.0. The number of carboxylic acids is 1. The van der Waals surface area contributed by atoms with Gasteiger partial charge in [-0.05, 0) is 71.4 Å². The predicted molar refractivity (Wildman–Crippen MR) is 150 cm³/mol. The van der Waals surface area contributed by atoms with Crippen LogP contribution in [0.25, 0.3) is 33.5 Å². The van der Waals surface area contributed by atoms with Crippen molar-refractivity contribution in [2.45, 2.75) is 6.92 Å². The molecule has 1 N–H and O–H groups in total. The molecule has 0 aliphatic carbocycles. The van der Waals surface area contributed by atoms with Gasteiger partial charge in [-0.1, -0.05) is 28.1 Å². The van der Waals surface area contributed by atoms with Crippen molar-refractivity contribution in [3.63, 3.8) is 0 Å². The maximum atomic E-state index is 13.5. The Morgan fingerprint density at radius 3 is 2.68 bits per heavy atom. The standard InChI is InChI=1S/C27H19Br2N3O6/c1-2-36-22-11-16(19(29)12-23(22)37-14-25(33)34)13-30-32-26(31-20-6-4-3-5-18(20)27(32)35)24-10-15-9-17(28)7-8-21(15)38-24/h3-13H,2,14H2,1H3,(H,33,34). The van der Waals surface area contributed by atoms with E-state index < -0.39 is 12.6 Å². The minimum atomic E-state index is -1.11. The third-order valence-electron chi connectivity index (χ3n) is 5.48. The molecule has 38 heavy (non-hydrogen) atoms. The highest BCUT2D eigenvalue weighted by Crippen LogP contribution is 2.34. The van der Waals surface area contributed by atoms with Crippen LogP contribution in [-0.2, 0) is 4.79 Å². The Morgan fingerprint density at radius 2 is 1.89 bits per heavy atom. The second-order valence-electron chi connectivity index (χ2n) is 8.04. The molecule has 0 saturated carbocycles. The quantitative estimate of drug-likeness (QED) is 0.204. The lowest BCUT2D eigenvalue weighted by atomic mass is 10.2. The van der Waals surface area contributed by atoms with Gasteiger partial charge in [-0.3, -0.25) is 4.79 Å². The number of rotatable bonds is 8. The number of carboxylic acid groups (broad SMARTS) is 1. The van der Waals surface area contributed by atoms with Crippen LogP contribution in [0.2, 0.25) is 0 Å². The molecule has 0 aliphatic heterocycles. The van der Waals surface area contributed by atoms with Crippen molar-refractivity contribution in [1.29, 1.82) is 0 Å². The molecule has 0 saturated heterocycles. The van der Waals surface area contributed by atoms with Crippen LogP contribution in [0.1, 0.15) is 12.5 Å². The summed E-state index contributed by atoms with van der Waals surface area (Å²) in [6, 6.07) is 17.7. The van der Waals surface area contributed by atoms with Gasteiger partial charge >= 0.3 is 5.97 Å². The topological polar surface area (TPSA) is 116 Å². The molecule has 5 rings (SSSR count). The molecule has 9 nitrogen and oxygen atoms in total. The third-order valence-corrected chi connectivity index (χ3v) is 6.66. The van der Waals surface area contributed by atoms with Crippen molar-refractivity contribution in [2.24, 2.45) is 5.10 Å². The summed E-state index contributed by atoms with van der Waals surface area (Å²) >= 11 is 6.93. The number of carbonyl (C=O) groups is 1. The normalized spacial score (nSPS) is 11.4. The van der Waals surface area contributed by atoms with Crippen molar-refractivity contribution in [1.82, 2.24) is 9.66 Å². The molecular weight excluding hydrogens is 622 g/mol. The number of para-hydroxylation sites is 1. The summed E-state index contributed by atoms with van der Waals surface area (Å²) in [5.74, 6) is 0.106. The number of halogens is 2. The average Bonchev–Trinajstić information content (AvgIpc) is 3.31. The molecule has 11 heteroatoms. The molecule has 2 heterocycles. The Kier molecular flexibility index (Phi) is 7.30. The SMILES string of the molecule is CCOc1cc(C=Nn2c(-c3cc4cc(Br)ccc4o3)nc3ccccc3c2=O)c(Br)cc1OCC(=O)O. The summed E-state index contributed by atoms with van der Waals surface area (Å²) in [6.45, 7) is 1.62. The minimum absolute atomic E-state index is 0.236. The summed E-state index contributed by atoms with van der Waals surface area (Å²) in [6.07, 6.45) is 1.48. The second kappa shape index (κ2) is 10.8. The number of nitrogens with zero attached hydrogens (tertiary/aromatic N) is 3. The van der Waals surface area contributed by atoms with Gasteiger partial charge in [-0.25, -0.2) is 9.78 Å². The summed E-state index contributed by atoms with van der Waals surface area (Å²) in [7, 11) is 0. The van der Waals surface area contributed by atoms with Gasteiger partial charge < -0.3 is 19.0 Å². The van der Waals surface area contributed by atoms with Crippen molar-refractivity contribution >= 4 is 65.9 Å². The predicted octanol–water partition coefficient (Wildman–Crippen LogP) is 6.08. The molecule has 3 aromatic carbocycles. The first-order chi connectivity index (χ1) is 18.3. The van der Waals surface area contributed by atoms with E-state index in [4.69, 9.17) is 24.0 Å². The Bertz CT molecular complexity index is 1780. The zero-order valence-electron chi connectivity index (χ0n) is 19.9. The van der Waals surface area contributed by atoms with Gasteiger partial charge in [0.05, 0.1) is 23.7 Å². The highest BCUT2D eigenvalue weighted by atomic mass is 79.9. The second-order valence-corrected chi connectivity index (χ2v) is 9.81. The average molecular weight is 641 g/mol. The van der Waals surface area contributed by atoms with Crippen molar-refractivity contribution in [2.75, 3.05) is 13.2 Å². The molecule has 0 unspecified atom stereocenters. The van der Waals surface area contributed by atoms with Gasteiger partial charge in [-0.2, -0.15) is 9.78 Å². The molecule has 0 aliphatic rings. The summed E-state index contributed by atoms with van der Waals surface area (Å²) in [4.78, 5) is 29.2. The maximum Gasteiger partial charge on any atom is 0.341 e. The largest absolute Gasteiger partial charge is 0.490 e. The third kappa shape index (κ3) is 5.20. The molecule has 0 fully saturated rings. The first kappa shape index (κ1) is 25.7. The monoisotopic (exact) mass is 639 g/mol. The van der Waals surface area contributed by atoms with Gasteiger partial charge in [0.2, 0.25) is 5.82 Å². The fraction of sp³-hybridized carbons (Fsp3) is 0.111. The van der Waals surface area contributed by atoms with Gasteiger partial charge in [0.15, 0.2) is 23.9 Å². The molecule has 0 atom stereocenters. The smallest absolute Gasteiger partial charge is 0.341 e. The summed E-state index contributed by atoms with van der Waals surface area (Å²) in [5.41, 5.74) is 1.35. The fourth-order valence-corrected chi connectivity index (χ4v) is 4.61. The Morgan fingerprint density at radius 1 is 1.11 bits per heavy atom. The van der Waals surface area contributed by atoms with E-state index in [2.05, 4.69) is 37.0 Å².